The van der Waals surface area contributed by atoms with Gasteiger partial charge in [0, 0.05) is 13.6 Å². The lowest BCUT2D eigenvalue weighted by atomic mass is 10.1. The number of benzene rings is 2. The highest BCUT2D eigenvalue weighted by Crippen LogP contribution is 2.30. The van der Waals surface area contributed by atoms with Crippen LogP contribution in [-0.2, 0) is 26.2 Å². The number of amides is 2. The van der Waals surface area contributed by atoms with E-state index in [-0.39, 0.29) is 18.1 Å². The van der Waals surface area contributed by atoms with E-state index in [1.54, 1.807) is 56.3 Å². The van der Waals surface area contributed by atoms with Gasteiger partial charge < -0.3 is 15.0 Å². The van der Waals surface area contributed by atoms with Crippen LogP contribution in [0, 0.1) is 0 Å². The fourth-order valence-corrected chi connectivity index (χ4v) is 4.63. The van der Waals surface area contributed by atoms with Gasteiger partial charge in [-0.3, -0.25) is 13.9 Å². The van der Waals surface area contributed by atoms with Crippen LogP contribution >= 0.6 is 23.2 Å². The number of carbonyl (C=O) groups excluding carboxylic acids is 2. The van der Waals surface area contributed by atoms with E-state index in [2.05, 4.69) is 5.32 Å². The summed E-state index contributed by atoms with van der Waals surface area (Å²) in [5, 5.41) is 3.23. The van der Waals surface area contributed by atoms with Crippen molar-refractivity contribution in [1.29, 1.82) is 0 Å². The number of hydrogen-bond acceptors (Lipinski definition) is 5. The second-order valence-electron chi connectivity index (χ2n) is 7.48. The van der Waals surface area contributed by atoms with Crippen LogP contribution in [0.5, 0.6) is 5.75 Å². The van der Waals surface area contributed by atoms with Gasteiger partial charge in [0.2, 0.25) is 21.8 Å². The highest BCUT2D eigenvalue weighted by Gasteiger charge is 2.32. The normalized spacial score (nSPS) is 12.1. The first-order valence-electron chi connectivity index (χ1n) is 10.7. The number of halogens is 2. The summed E-state index contributed by atoms with van der Waals surface area (Å²) in [5.41, 5.74) is 0.883. The summed E-state index contributed by atoms with van der Waals surface area (Å²) in [7, 11) is -2.38. The molecule has 0 spiro atoms. The Balaban J connectivity index is 2.49. The molecule has 0 aliphatic heterocycles. The molecule has 0 saturated heterocycles. The van der Waals surface area contributed by atoms with Crippen molar-refractivity contribution in [2.75, 3.05) is 30.8 Å². The number of ether oxygens (including phenoxy) is 1. The number of sulfonamides is 1. The van der Waals surface area contributed by atoms with E-state index >= 15 is 0 Å². The molecular weight excluding hydrogens is 501 g/mol. The van der Waals surface area contributed by atoms with Crippen LogP contribution in [0.15, 0.2) is 42.5 Å². The predicted octanol–water partition coefficient (Wildman–Crippen LogP) is 3.71. The number of hydrogen-bond donors (Lipinski definition) is 1. The Morgan fingerprint density at radius 1 is 1.09 bits per heavy atom. The average Bonchev–Trinajstić information content (AvgIpc) is 2.79. The molecule has 2 amide bonds. The van der Waals surface area contributed by atoms with Crippen molar-refractivity contribution in [2.24, 2.45) is 0 Å². The first-order chi connectivity index (χ1) is 16.0. The first kappa shape index (κ1) is 27.8. The minimum atomic E-state index is -3.86. The molecule has 1 atom stereocenters. The zero-order valence-corrected chi connectivity index (χ0v) is 21.9. The zero-order chi connectivity index (χ0) is 25.5. The monoisotopic (exact) mass is 529 g/mol. The first-order valence-corrected chi connectivity index (χ1v) is 13.3. The number of likely N-dealkylation sites (N-methyl/N-ethyl adjacent to an activating group) is 1. The Morgan fingerprint density at radius 2 is 1.76 bits per heavy atom. The second kappa shape index (κ2) is 12.3. The molecule has 0 fully saturated rings. The van der Waals surface area contributed by atoms with Crippen LogP contribution in [0.4, 0.5) is 5.69 Å². The standard InChI is InChI=1S/C23H29Cl2N3O5S/c1-5-19(23(30)26-3)27(14-16-11-12-17(24)18(25)13-16)22(29)15-28(34(4,31)32)20-9-7-8-10-21(20)33-6-2/h7-13,19H,5-6,14-15H2,1-4H3,(H,26,30). The van der Waals surface area contributed by atoms with Crippen LogP contribution in [-0.4, -0.2) is 57.6 Å². The molecule has 0 saturated carbocycles. The van der Waals surface area contributed by atoms with E-state index in [4.69, 9.17) is 27.9 Å². The number of carbonyl (C=O) groups is 2. The Bertz CT molecular complexity index is 1130. The number of nitrogens with one attached hydrogen (secondary N) is 1. The minimum Gasteiger partial charge on any atom is -0.492 e. The molecule has 0 aliphatic rings. The van der Waals surface area contributed by atoms with Crippen molar-refractivity contribution in [3.63, 3.8) is 0 Å². The number of rotatable bonds is 11. The van der Waals surface area contributed by atoms with E-state index in [1.165, 1.54) is 11.9 Å². The van der Waals surface area contributed by atoms with Crippen molar-refractivity contribution in [1.82, 2.24) is 10.2 Å². The van der Waals surface area contributed by atoms with Crippen molar-refractivity contribution in [3.05, 3.63) is 58.1 Å². The number of nitrogens with zero attached hydrogens (tertiary/aromatic N) is 2. The Kier molecular flexibility index (Phi) is 10.0. The lowest BCUT2D eigenvalue weighted by Gasteiger charge is -2.33. The van der Waals surface area contributed by atoms with Gasteiger partial charge in [-0.1, -0.05) is 48.3 Å². The van der Waals surface area contributed by atoms with E-state index in [9.17, 15) is 18.0 Å². The van der Waals surface area contributed by atoms with Crippen molar-refractivity contribution >= 4 is 50.7 Å². The molecule has 0 heterocycles. The summed E-state index contributed by atoms with van der Waals surface area (Å²) in [6.45, 7) is 3.39. The van der Waals surface area contributed by atoms with Gasteiger partial charge in [0.25, 0.3) is 0 Å². The van der Waals surface area contributed by atoms with Crippen molar-refractivity contribution in [2.45, 2.75) is 32.9 Å². The number of para-hydroxylation sites is 2. The van der Waals surface area contributed by atoms with Gasteiger partial charge in [0.05, 0.1) is 28.6 Å². The van der Waals surface area contributed by atoms with Crippen LogP contribution in [0.25, 0.3) is 0 Å². The maximum atomic E-state index is 13.6. The maximum absolute atomic E-state index is 13.6. The second-order valence-corrected chi connectivity index (χ2v) is 10.2. The summed E-state index contributed by atoms with van der Waals surface area (Å²) < 4.78 is 32.0. The lowest BCUT2D eigenvalue weighted by Crippen LogP contribution is -2.51. The third kappa shape index (κ3) is 7.01. The molecule has 0 aromatic heterocycles. The molecular formula is C23H29Cl2N3O5S. The van der Waals surface area contributed by atoms with Gasteiger partial charge in [-0.25, -0.2) is 8.42 Å². The molecule has 2 aromatic carbocycles. The molecule has 1 N–H and O–H groups in total. The highest BCUT2D eigenvalue weighted by molar-refractivity contribution is 7.92. The smallest absolute Gasteiger partial charge is 0.244 e. The molecule has 11 heteroatoms. The van der Waals surface area contributed by atoms with E-state index < -0.39 is 28.5 Å². The molecule has 2 aromatic rings. The van der Waals surface area contributed by atoms with Gasteiger partial charge >= 0.3 is 0 Å². The van der Waals surface area contributed by atoms with E-state index in [0.717, 1.165) is 10.6 Å². The highest BCUT2D eigenvalue weighted by atomic mass is 35.5. The quantitative estimate of drug-likeness (QED) is 0.478. The van der Waals surface area contributed by atoms with Gasteiger partial charge in [0.15, 0.2) is 0 Å². The third-order valence-electron chi connectivity index (χ3n) is 5.08. The van der Waals surface area contributed by atoms with Crippen LogP contribution in [0.1, 0.15) is 25.8 Å². The molecule has 34 heavy (non-hydrogen) atoms. The van der Waals surface area contributed by atoms with Gasteiger partial charge in [0.1, 0.15) is 18.3 Å². The fourth-order valence-electron chi connectivity index (χ4n) is 3.46. The van der Waals surface area contributed by atoms with Crippen LogP contribution < -0.4 is 14.4 Å². The Morgan fingerprint density at radius 3 is 2.32 bits per heavy atom. The molecule has 8 nitrogen and oxygen atoms in total. The largest absolute Gasteiger partial charge is 0.492 e. The maximum Gasteiger partial charge on any atom is 0.244 e. The van der Waals surface area contributed by atoms with Crippen molar-refractivity contribution in [3.8, 4) is 5.75 Å². The molecule has 0 radical (unpaired) electrons. The third-order valence-corrected chi connectivity index (χ3v) is 6.95. The average molecular weight is 530 g/mol. The molecule has 186 valence electrons. The topological polar surface area (TPSA) is 96.0 Å². The molecule has 0 bridgehead atoms. The predicted molar refractivity (Wildman–Crippen MR) is 135 cm³/mol. The van der Waals surface area contributed by atoms with Crippen molar-refractivity contribution < 1.29 is 22.7 Å². The van der Waals surface area contributed by atoms with Gasteiger partial charge in [-0.05, 0) is 43.2 Å². The SMILES string of the molecule is CCOc1ccccc1N(CC(=O)N(Cc1ccc(Cl)c(Cl)c1)C(CC)C(=O)NC)S(C)(=O)=O. The summed E-state index contributed by atoms with van der Waals surface area (Å²) in [5.74, 6) is -0.590. The van der Waals surface area contributed by atoms with Gasteiger partial charge in [-0.2, -0.15) is 0 Å². The Hall–Kier alpha value is -2.49. The summed E-state index contributed by atoms with van der Waals surface area (Å²) in [6, 6.07) is 10.7. The lowest BCUT2D eigenvalue weighted by molar-refractivity contribution is -0.140. The van der Waals surface area contributed by atoms with E-state index in [0.29, 0.717) is 34.4 Å². The van der Waals surface area contributed by atoms with Crippen LogP contribution in [0.2, 0.25) is 10.0 Å². The summed E-state index contributed by atoms with van der Waals surface area (Å²) in [6.07, 6.45) is 1.34. The zero-order valence-electron chi connectivity index (χ0n) is 19.5. The van der Waals surface area contributed by atoms with Crippen LogP contribution in [0.3, 0.4) is 0 Å². The van der Waals surface area contributed by atoms with Gasteiger partial charge in [-0.15, -0.1) is 0 Å². The summed E-state index contributed by atoms with van der Waals surface area (Å²) >= 11 is 12.1. The van der Waals surface area contributed by atoms with E-state index in [1.807, 2.05) is 0 Å². The molecule has 1 unspecified atom stereocenters. The fraction of sp³-hybridized carbons (Fsp3) is 0.391. The molecule has 0 aliphatic carbocycles. The Labute approximate surface area is 210 Å². The number of anilines is 1. The molecule has 2 rings (SSSR count). The summed E-state index contributed by atoms with van der Waals surface area (Å²) in [4.78, 5) is 27.5. The minimum absolute atomic E-state index is 0.0341.